The Morgan fingerprint density at radius 1 is 1.29 bits per heavy atom. The Morgan fingerprint density at radius 3 is 2.76 bits per heavy atom. The lowest BCUT2D eigenvalue weighted by atomic mass is 9.94. The molecule has 2 atom stereocenters. The van der Waals surface area contributed by atoms with E-state index in [9.17, 15) is 0 Å². The van der Waals surface area contributed by atoms with Crippen molar-refractivity contribution in [2.75, 3.05) is 6.54 Å². The molecule has 1 heterocycles. The highest BCUT2D eigenvalue weighted by atomic mass is 32.1. The summed E-state index contributed by atoms with van der Waals surface area (Å²) >= 11 is 1.66. The summed E-state index contributed by atoms with van der Waals surface area (Å²) in [7, 11) is 0. The van der Waals surface area contributed by atoms with E-state index in [0.29, 0.717) is 12.0 Å². The van der Waals surface area contributed by atoms with Gasteiger partial charge in [-0.05, 0) is 37.5 Å². The van der Waals surface area contributed by atoms with Gasteiger partial charge in [0, 0.05) is 22.2 Å². The van der Waals surface area contributed by atoms with Crippen LogP contribution in [0, 0.1) is 0 Å². The van der Waals surface area contributed by atoms with Crippen molar-refractivity contribution in [2.24, 2.45) is 0 Å². The van der Waals surface area contributed by atoms with E-state index in [1.807, 2.05) is 0 Å². The minimum absolute atomic E-state index is 0.508. The Kier molecular flexibility index (Phi) is 4.13. The van der Waals surface area contributed by atoms with E-state index < -0.39 is 0 Å². The summed E-state index contributed by atoms with van der Waals surface area (Å²) in [4.78, 5) is 1.43. The maximum absolute atomic E-state index is 4.54. The summed E-state index contributed by atoms with van der Waals surface area (Å²) in [5.74, 6) is 0.562. The molecule has 0 aliphatic rings. The Balaban J connectivity index is 2.36. The number of nitrogens with zero attached hydrogens (tertiary/aromatic N) is 1. The van der Waals surface area contributed by atoms with E-state index in [0.717, 1.165) is 18.5 Å². The quantitative estimate of drug-likeness (QED) is 0.871. The Morgan fingerprint density at radius 2 is 2.06 bits per heavy atom. The SMILES string of the molecule is CCNC(C)C(CC)c1snc2ccccc12. The Hall–Kier alpha value is -0.930. The second kappa shape index (κ2) is 5.61. The lowest BCUT2D eigenvalue weighted by molar-refractivity contribution is 0.467. The molecule has 92 valence electrons. The van der Waals surface area contributed by atoms with Crippen molar-refractivity contribution < 1.29 is 0 Å². The van der Waals surface area contributed by atoms with Crippen LogP contribution in [0.5, 0.6) is 0 Å². The van der Waals surface area contributed by atoms with Crippen LogP contribution in [-0.2, 0) is 0 Å². The first kappa shape index (κ1) is 12.5. The highest BCUT2D eigenvalue weighted by molar-refractivity contribution is 7.07. The largest absolute Gasteiger partial charge is 0.314 e. The van der Waals surface area contributed by atoms with Crippen molar-refractivity contribution in [3.8, 4) is 0 Å². The average molecular weight is 248 g/mol. The number of aromatic nitrogens is 1. The van der Waals surface area contributed by atoms with Gasteiger partial charge in [-0.15, -0.1) is 0 Å². The molecule has 2 aromatic rings. The number of hydrogen-bond acceptors (Lipinski definition) is 3. The topological polar surface area (TPSA) is 24.9 Å². The zero-order valence-electron chi connectivity index (χ0n) is 10.7. The van der Waals surface area contributed by atoms with Gasteiger partial charge >= 0.3 is 0 Å². The fraction of sp³-hybridized carbons (Fsp3) is 0.500. The van der Waals surface area contributed by atoms with E-state index in [4.69, 9.17) is 0 Å². The molecule has 1 aromatic carbocycles. The summed E-state index contributed by atoms with van der Waals surface area (Å²) in [5, 5.41) is 4.86. The summed E-state index contributed by atoms with van der Waals surface area (Å²) in [6.45, 7) is 7.71. The Labute approximate surface area is 107 Å². The molecule has 2 nitrogen and oxygen atoms in total. The lowest BCUT2D eigenvalue weighted by Gasteiger charge is -2.22. The van der Waals surface area contributed by atoms with Crippen LogP contribution in [0.4, 0.5) is 0 Å². The van der Waals surface area contributed by atoms with E-state index in [-0.39, 0.29) is 0 Å². The van der Waals surface area contributed by atoms with Gasteiger partial charge in [0.25, 0.3) is 0 Å². The number of hydrogen-bond donors (Lipinski definition) is 1. The minimum atomic E-state index is 0.508. The van der Waals surface area contributed by atoms with E-state index in [1.54, 1.807) is 11.5 Å². The molecule has 1 N–H and O–H groups in total. The lowest BCUT2D eigenvalue weighted by Crippen LogP contribution is -2.31. The van der Waals surface area contributed by atoms with E-state index >= 15 is 0 Å². The molecule has 0 spiro atoms. The van der Waals surface area contributed by atoms with Gasteiger partial charge in [0.1, 0.15) is 0 Å². The number of benzene rings is 1. The smallest absolute Gasteiger partial charge is 0.0843 e. The summed E-state index contributed by atoms with van der Waals surface area (Å²) in [5.41, 5.74) is 1.13. The predicted molar refractivity (Wildman–Crippen MR) is 75.8 cm³/mol. The molecular weight excluding hydrogens is 228 g/mol. The molecule has 0 radical (unpaired) electrons. The van der Waals surface area contributed by atoms with E-state index in [2.05, 4.69) is 54.7 Å². The monoisotopic (exact) mass is 248 g/mol. The van der Waals surface area contributed by atoms with Gasteiger partial charge in [0.15, 0.2) is 0 Å². The molecule has 0 fully saturated rings. The van der Waals surface area contributed by atoms with Gasteiger partial charge in [0.05, 0.1) is 5.52 Å². The molecule has 3 heteroatoms. The maximum atomic E-state index is 4.54. The number of fused-ring (bicyclic) bond motifs is 1. The maximum Gasteiger partial charge on any atom is 0.0843 e. The van der Waals surface area contributed by atoms with Gasteiger partial charge in [0.2, 0.25) is 0 Å². The van der Waals surface area contributed by atoms with Crippen molar-refractivity contribution in [3.05, 3.63) is 29.1 Å². The minimum Gasteiger partial charge on any atom is -0.314 e. The molecule has 0 amide bonds. The van der Waals surface area contributed by atoms with E-state index in [1.165, 1.54) is 10.3 Å². The van der Waals surface area contributed by atoms with Crippen molar-refractivity contribution >= 4 is 22.4 Å². The van der Waals surface area contributed by atoms with Gasteiger partial charge < -0.3 is 5.32 Å². The molecule has 0 aliphatic heterocycles. The van der Waals surface area contributed by atoms with Crippen LogP contribution in [0.25, 0.3) is 10.9 Å². The first-order valence-electron chi connectivity index (χ1n) is 6.35. The molecule has 0 saturated carbocycles. The molecule has 2 unspecified atom stereocenters. The average Bonchev–Trinajstić information content (AvgIpc) is 2.75. The predicted octanol–water partition coefficient (Wildman–Crippen LogP) is 3.79. The number of likely N-dealkylation sites (N-methyl/N-ethyl adjacent to an activating group) is 1. The zero-order valence-corrected chi connectivity index (χ0v) is 11.6. The van der Waals surface area contributed by atoms with Crippen LogP contribution >= 0.6 is 11.5 Å². The first-order chi connectivity index (χ1) is 8.27. The summed E-state index contributed by atoms with van der Waals surface area (Å²) in [6.07, 6.45) is 1.15. The van der Waals surface area contributed by atoms with Gasteiger partial charge in [-0.3, -0.25) is 0 Å². The fourth-order valence-electron chi connectivity index (χ4n) is 2.41. The van der Waals surface area contributed by atoms with Crippen molar-refractivity contribution in [3.63, 3.8) is 0 Å². The van der Waals surface area contributed by atoms with Crippen LogP contribution in [0.3, 0.4) is 0 Å². The van der Waals surface area contributed by atoms with Gasteiger partial charge in [-0.2, -0.15) is 4.37 Å². The number of rotatable bonds is 5. The number of nitrogens with one attached hydrogen (secondary N) is 1. The van der Waals surface area contributed by atoms with Crippen LogP contribution in [0.1, 0.15) is 38.0 Å². The Bertz CT molecular complexity index is 478. The first-order valence-corrected chi connectivity index (χ1v) is 7.13. The van der Waals surface area contributed by atoms with Crippen LogP contribution in [0.15, 0.2) is 24.3 Å². The highest BCUT2D eigenvalue weighted by Crippen LogP contribution is 2.33. The highest BCUT2D eigenvalue weighted by Gasteiger charge is 2.21. The third-order valence-electron chi connectivity index (χ3n) is 3.32. The molecule has 1 aromatic heterocycles. The molecular formula is C14H20N2S. The normalized spacial score (nSPS) is 15.0. The second-order valence-electron chi connectivity index (χ2n) is 4.43. The van der Waals surface area contributed by atoms with Crippen LogP contribution < -0.4 is 5.32 Å². The zero-order chi connectivity index (χ0) is 12.3. The van der Waals surface area contributed by atoms with Crippen molar-refractivity contribution in [2.45, 2.75) is 39.2 Å². The van der Waals surface area contributed by atoms with Crippen LogP contribution in [0.2, 0.25) is 0 Å². The van der Waals surface area contributed by atoms with Gasteiger partial charge in [-0.25, -0.2) is 0 Å². The third-order valence-corrected chi connectivity index (χ3v) is 4.33. The fourth-order valence-corrected chi connectivity index (χ4v) is 3.54. The van der Waals surface area contributed by atoms with Gasteiger partial charge in [-0.1, -0.05) is 32.0 Å². The van der Waals surface area contributed by atoms with Crippen LogP contribution in [-0.4, -0.2) is 17.0 Å². The molecule has 0 saturated heterocycles. The van der Waals surface area contributed by atoms with Crippen molar-refractivity contribution in [1.29, 1.82) is 0 Å². The standard InChI is InChI=1S/C14H20N2S/c1-4-11(10(3)15-5-2)14-12-8-6-7-9-13(12)16-17-14/h6-11,15H,4-5H2,1-3H3. The van der Waals surface area contributed by atoms with Crippen molar-refractivity contribution in [1.82, 2.24) is 9.69 Å². The second-order valence-corrected chi connectivity index (χ2v) is 5.23. The third kappa shape index (κ3) is 2.50. The molecule has 0 bridgehead atoms. The molecule has 0 aliphatic carbocycles. The molecule has 17 heavy (non-hydrogen) atoms. The molecule has 2 rings (SSSR count). The summed E-state index contributed by atoms with van der Waals surface area (Å²) in [6, 6.07) is 8.95. The summed E-state index contributed by atoms with van der Waals surface area (Å²) < 4.78 is 4.54.